The van der Waals surface area contributed by atoms with Crippen molar-refractivity contribution in [3.05, 3.63) is 68.5 Å². The third-order valence-corrected chi connectivity index (χ3v) is 4.77. The van der Waals surface area contributed by atoms with Gasteiger partial charge in [-0.3, -0.25) is 29.4 Å². The number of nitrogens with zero attached hydrogens (tertiary/aromatic N) is 2. The second-order valence-corrected chi connectivity index (χ2v) is 6.84. The average Bonchev–Trinajstić information content (AvgIpc) is 3.20. The molecule has 28 heavy (non-hydrogen) atoms. The van der Waals surface area contributed by atoms with E-state index in [-0.39, 0.29) is 29.4 Å². The van der Waals surface area contributed by atoms with Gasteiger partial charge >= 0.3 is 0 Å². The highest BCUT2D eigenvalue weighted by Gasteiger charge is 2.34. The molecule has 2 heterocycles. The van der Waals surface area contributed by atoms with E-state index in [1.807, 2.05) is 0 Å². The number of benzene rings is 1. The summed E-state index contributed by atoms with van der Waals surface area (Å²) in [5.74, 6) is -0.143. The van der Waals surface area contributed by atoms with Gasteiger partial charge in [-0.15, -0.1) is 0 Å². The van der Waals surface area contributed by atoms with E-state index in [9.17, 15) is 24.5 Å². The van der Waals surface area contributed by atoms with Gasteiger partial charge in [0.05, 0.1) is 9.83 Å². The van der Waals surface area contributed by atoms with Crippen LogP contribution in [0.4, 0.5) is 10.5 Å². The highest BCUT2D eigenvalue weighted by atomic mass is 32.2. The summed E-state index contributed by atoms with van der Waals surface area (Å²) in [4.78, 5) is 47.8. The number of nitrogens with one attached hydrogen (secondary N) is 1. The molecule has 1 saturated heterocycles. The van der Waals surface area contributed by atoms with Crippen molar-refractivity contribution in [3.63, 3.8) is 0 Å². The van der Waals surface area contributed by atoms with Crippen LogP contribution in [0.2, 0.25) is 0 Å². The first-order valence-corrected chi connectivity index (χ1v) is 9.01. The molecule has 144 valence electrons. The number of nitro groups is 1. The molecule has 0 saturated carbocycles. The Kier molecular flexibility index (Phi) is 5.59. The SMILES string of the molecule is Cc1ccc(C(=O)NCCN2C(=O)S/C(=C/c3ccc([N+](=O)[O-])cc3)C2=O)o1. The number of aryl methyl sites for hydroxylation is 1. The fourth-order valence-electron chi connectivity index (χ4n) is 2.46. The van der Waals surface area contributed by atoms with E-state index in [0.29, 0.717) is 11.3 Å². The average molecular weight is 401 g/mol. The van der Waals surface area contributed by atoms with Gasteiger partial charge in [0.15, 0.2) is 5.76 Å². The normalized spacial score (nSPS) is 15.3. The maximum atomic E-state index is 12.4. The standard InChI is InChI=1S/C18H15N3O6S/c1-11-2-7-14(27-11)16(22)19-8-9-20-17(23)15(28-18(20)24)10-12-3-5-13(6-4-12)21(25)26/h2-7,10H,8-9H2,1H3,(H,19,22)/b15-10+. The van der Waals surface area contributed by atoms with Crippen molar-refractivity contribution in [1.29, 1.82) is 0 Å². The van der Waals surface area contributed by atoms with Crippen molar-refractivity contribution >= 4 is 40.6 Å². The fourth-order valence-corrected chi connectivity index (χ4v) is 3.33. The van der Waals surface area contributed by atoms with Crippen molar-refractivity contribution in [1.82, 2.24) is 10.2 Å². The number of thioether (sulfide) groups is 1. The van der Waals surface area contributed by atoms with Crippen LogP contribution in [-0.4, -0.2) is 40.0 Å². The third-order valence-electron chi connectivity index (χ3n) is 3.86. The number of carbonyl (C=O) groups excluding carboxylic acids is 3. The third kappa shape index (κ3) is 4.29. The van der Waals surface area contributed by atoms with Crippen molar-refractivity contribution in [2.75, 3.05) is 13.1 Å². The molecule has 3 rings (SSSR count). The highest BCUT2D eigenvalue weighted by Crippen LogP contribution is 2.32. The summed E-state index contributed by atoms with van der Waals surface area (Å²) in [7, 11) is 0. The lowest BCUT2D eigenvalue weighted by atomic mass is 10.2. The van der Waals surface area contributed by atoms with Gasteiger partial charge in [0.25, 0.3) is 22.7 Å². The maximum absolute atomic E-state index is 12.4. The number of amides is 3. The summed E-state index contributed by atoms with van der Waals surface area (Å²) in [6.07, 6.45) is 1.50. The van der Waals surface area contributed by atoms with Crippen molar-refractivity contribution < 1.29 is 23.7 Å². The van der Waals surface area contributed by atoms with Gasteiger partial charge in [-0.2, -0.15) is 0 Å². The van der Waals surface area contributed by atoms with Crippen LogP contribution in [0.5, 0.6) is 0 Å². The van der Waals surface area contributed by atoms with E-state index in [2.05, 4.69) is 5.32 Å². The van der Waals surface area contributed by atoms with Crippen LogP contribution in [0.25, 0.3) is 6.08 Å². The van der Waals surface area contributed by atoms with E-state index in [0.717, 1.165) is 16.7 Å². The lowest BCUT2D eigenvalue weighted by Crippen LogP contribution is -2.37. The van der Waals surface area contributed by atoms with Crippen LogP contribution >= 0.6 is 11.8 Å². The summed E-state index contributed by atoms with van der Waals surface area (Å²) in [5.41, 5.74) is 0.505. The number of carbonyl (C=O) groups is 3. The molecule has 1 fully saturated rings. The molecular weight excluding hydrogens is 386 g/mol. The minimum absolute atomic E-state index is 0.0215. The first kappa shape index (κ1) is 19.4. The highest BCUT2D eigenvalue weighted by molar-refractivity contribution is 8.18. The molecule has 1 aliphatic rings. The quantitative estimate of drug-likeness (QED) is 0.448. The predicted octanol–water partition coefficient (Wildman–Crippen LogP) is 2.96. The Morgan fingerprint density at radius 1 is 1.25 bits per heavy atom. The first-order valence-electron chi connectivity index (χ1n) is 8.19. The van der Waals surface area contributed by atoms with Crippen LogP contribution < -0.4 is 5.32 Å². The number of non-ortho nitro benzene ring substituents is 1. The zero-order chi connectivity index (χ0) is 20.3. The molecule has 2 aromatic rings. The summed E-state index contributed by atoms with van der Waals surface area (Å²) in [6.45, 7) is 1.82. The monoisotopic (exact) mass is 401 g/mol. The van der Waals surface area contributed by atoms with E-state index >= 15 is 0 Å². The minimum atomic E-state index is -0.518. The zero-order valence-corrected chi connectivity index (χ0v) is 15.5. The molecule has 0 unspecified atom stereocenters. The Bertz CT molecular complexity index is 979. The summed E-state index contributed by atoms with van der Waals surface area (Å²) in [6, 6.07) is 8.84. The molecule has 0 radical (unpaired) electrons. The fraction of sp³-hybridized carbons (Fsp3) is 0.167. The van der Waals surface area contributed by atoms with Gasteiger partial charge in [0, 0.05) is 25.2 Å². The van der Waals surface area contributed by atoms with Crippen LogP contribution in [-0.2, 0) is 4.79 Å². The number of hydrogen-bond acceptors (Lipinski definition) is 7. The Morgan fingerprint density at radius 2 is 1.96 bits per heavy atom. The zero-order valence-electron chi connectivity index (χ0n) is 14.7. The number of rotatable bonds is 6. The van der Waals surface area contributed by atoms with Crippen LogP contribution in [0, 0.1) is 17.0 Å². The van der Waals surface area contributed by atoms with Gasteiger partial charge in [0.1, 0.15) is 5.76 Å². The Labute approximate surface area is 163 Å². The maximum Gasteiger partial charge on any atom is 0.293 e. The Morgan fingerprint density at radius 3 is 2.57 bits per heavy atom. The lowest BCUT2D eigenvalue weighted by Gasteiger charge is -2.12. The summed E-state index contributed by atoms with van der Waals surface area (Å²) >= 11 is 0.779. The van der Waals surface area contributed by atoms with Crippen LogP contribution in [0.3, 0.4) is 0 Å². The predicted molar refractivity (Wildman–Crippen MR) is 102 cm³/mol. The Balaban J connectivity index is 1.60. The van der Waals surface area contributed by atoms with Crippen LogP contribution in [0.1, 0.15) is 21.9 Å². The Hall–Kier alpha value is -3.40. The van der Waals surface area contributed by atoms with Gasteiger partial charge < -0.3 is 9.73 Å². The largest absolute Gasteiger partial charge is 0.456 e. The minimum Gasteiger partial charge on any atom is -0.456 e. The van der Waals surface area contributed by atoms with E-state index in [1.165, 1.54) is 36.4 Å². The summed E-state index contributed by atoms with van der Waals surface area (Å²) < 4.78 is 5.20. The van der Waals surface area contributed by atoms with E-state index < -0.39 is 22.0 Å². The molecule has 0 bridgehead atoms. The van der Waals surface area contributed by atoms with Gasteiger partial charge in [0.2, 0.25) is 0 Å². The molecule has 0 atom stereocenters. The number of furan rings is 1. The number of hydrogen-bond donors (Lipinski definition) is 1. The van der Waals surface area contributed by atoms with Crippen LogP contribution in [0.15, 0.2) is 45.7 Å². The second-order valence-electron chi connectivity index (χ2n) is 5.85. The number of nitro benzene ring substituents is 1. The van der Waals surface area contributed by atoms with Gasteiger partial charge in [-0.1, -0.05) is 0 Å². The molecule has 1 N–H and O–H groups in total. The summed E-state index contributed by atoms with van der Waals surface area (Å²) in [5, 5.41) is 12.8. The second kappa shape index (κ2) is 8.09. The van der Waals surface area contributed by atoms with Crippen molar-refractivity contribution in [2.24, 2.45) is 0 Å². The molecule has 0 aliphatic carbocycles. The van der Waals surface area contributed by atoms with E-state index in [4.69, 9.17) is 4.42 Å². The topological polar surface area (TPSA) is 123 Å². The first-order chi connectivity index (χ1) is 13.3. The molecule has 3 amide bonds. The molecular formula is C18H15N3O6S. The molecule has 0 spiro atoms. The molecule has 10 heteroatoms. The lowest BCUT2D eigenvalue weighted by molar-refractivity contribution is -0.384. The molecule has 1 aliphatic heterocycles. The van der Waals surface area contributed by atoms with E-state index in [1.54, 1.807) is 13.0 Å². The van der Waals surface area contributed by atoms with Gasteiger partial charge in [-0.05, 0) is 54.6 Å². The molecule has 9 nitrogen and oxygen atoms in total. The number of imide groups is 1. The molecule has 1 aromatic carbocycles. The molecule has 1 aromatic heterocycles. The smallest absolute Gasteiger partial charge is 0.293 e. The van der Waals surface area contributed by atoms with Gasteiger partial charge in [-0.25, -0.2) is 0 Å². The van der Waals surface area contributed by atoms with Crippen molar-refractivity contribution in [3.8, 4) is 0 Å². The van der Waals surface area contributed by atoms with Crippen molar-refractivity contribution in [2.45, 2.75) is 6.92 Å².